The molecule has 0 atom stereocenters. The van der Waals surface area contributed by atoms with Crippen LogP contribution < -0.4 is 5.73 Å². The quantitative estimate of drug-likeness (QED) is 0.883. The minimum atomic E-state index is 0.526. The first-order chi connectivity index (χ1) is 7.74. The van der Waals surface area contributed by atoms with Crippen LogP contribution in [0.25, 0.3) is 11.3 Å². The molecule has 2 rings (SSSR count). The molecule has 0 aliphatic heterocycles. The van der Waals surface area contributed by atoms with E-state index in [1.807, 2.05) is 0 Å². The lowest BCUT2D eigenvalue weighted by atomic mass is 10.1. The van der Waals surface area contributed by atoms with Gasteiger partial charge in [0, 0.05) is 17.0 Å². The van der Waals surface area contributed by atoms with Gasteiger partial charge in [-0.3, -0.25) is 0 Å². The smallest absolute Gasteiger partial charge is 0.107 e. The molecule has 3 heteroatoms. The van der Waals surface area contributed by atoms with Crippen LogP contribution in [0.1, 0.15) is 22.4 Å². The van der Waals surface area contributed by atoms with Crippen LogP contribution in [0.15, 0.2) is 24.3 Å². The molecule has 0 bridgehead atoms. The highest BCUT2D eigenvalue weighted by molar-refractivity contribution is 7.12. The maximum atomic E-state index is 5.60. The number of benzene rings is 1. The Hall–Kier alpha value is -1.19. The van der Waals surface area contributed by atoms with Crippen LogP contribution in [-0.4, -0.2) is 4.98 Å². The third kappa shape index (κ3) is 2.15. The molecule has 0 saturated carbocycles. The Morgan fingerprint density at radius 2 is 1.94 bits per heavy atom. The van der Waals surface area contributed by atoms with Gasteiger partial charge in [0.15, 0.2) is 0 Å². The van der Waals surface area contributed by atoms with Gasteiger partial charge >= 0.3 is 0 Å². The Morgan fingerprint density at radius 1 is 1.25 bits per heavy atom. The molecule has 16 heavy (non-hydrogen) atoms. The van der Waals surface area contributed by atoms with Gasteiger partial charge in [-0.25, -0.2) is 4.98 Å². The van der Waals surface area contributed by atoms with E-state index in [2.05, 4.69) is 43.1 Å². The molecule has 0 aliphatic carbocycles. The summed E-state index contributed by atoms with van der Waals surface area (Å²) >= 11 is 1.68. The van der Waals surface area contributed by atoms with Gasteiger partial charge in [0.05, 0.1) is 5.69 Å². The van der Waals surface area contributed by atoms with Gasteiger partial charge in [-0.05, 0) is 18.9 Å². The molecule has 0 spiro atoms. The van der Waals surface area contributed by atoms with Gasteiger partial charge in [-0.2, -0.15) is 0 Å². The summed E-state index contributed by atoms with van der Waals surface area (Å²) in [4.78, 5) is 5.79. The Labute approximate surface area is 100 Å². The molecular formula is C13H16N2S. The zero-order chi connectivity index (χ0) is 11.5. The predicted molar refractivity (Wildman–Crippen MR) is 69.6 cm³/mol. The lowest BCUT2D eigenvalue weighted by Crippen LogP contribution is -1.94. The van der Waals surface area contributed by atoms with Gasteiger partial charge in [0.1, 0.15) is 5.01 Å². The number of nitrogens with zero attached hydrogens (tertiary/aromatic N) is 1. The summed E-state index contributed by atoms with van der Waals surface area (Å²) in [6.07, 6.45) is 1.07. The fraction of sp³-hybridized carbons (Fsp3) is 0.308. The van der Waals surface area contributed by atoms with E-state index in [9.17, 15) is 0 Å². The molecule has 0 fully saturated rings. The fourth-order valence-corrected chi connectivity index (χ4v) is 2.54. The van der Waals surface area contributed by atoms with Crippen molar-refractivity contribution in [1.29, 1.82) is 0 Å². The maximum Gasteiger partial charge on any atom is 0.107 e. The summed E-state index contributed by atoms with van der Waals surface area (Å²) in [7, 11) is 0. The number of hydrogen-bond acceptors (Lipinski definition) is 3. The number of hydrogen-bond donors (Lipinski definition) is 1. The lowest BCUT2D eigenvalue weighted by Gasteiger charge is -2.00. The van der Waals surface area contributed by atoms with Gasteiger partial charge in [-0.1, -0.05) is 31.2 Å². The van der Waals surface area contributed by atoms with Gasteiger partial charge in [0.2, 0.25) is 0 Å². The van der Waals surface area contributed by atoms with Crippen molar-refractivity contribution < 1.29 is 0 Å². The van der Waals surface area contributed by atoms with Crippen molar-refractivity contribution in [1.82, 2.24) is 4.98 Å². The first-order valence-electron chi connectivity index (χ1n) is 5.50. The topological polar surface area (TPSA) is 38.9 Å². The molecule has 0 radical (unpaired) electrons. The van der Waals surface area contributed by atoms with E-state index in [0.717, 1.165) is 17.1 Å². The van der Waals surface area contributed by atoms with Crippen molar-refractivity contribution >= 4 is 11.3 Å². The van der Waals surface area contributed by atoms with E-state index in [4.69, 9.17) is 5.73 Å². The molecule has 0 unspecified atom stereocenters. The SMILES string of the molecule is CCc1ccc(-c2nc(CN)sc2C)cc1. The van der Waals surface area contributed by atoms with Crippen molar-refractivity contribution in [3.63, 3.8) is 0 Å². The van der Waals surface area contributed by atoms with Crippen LogP contribution in [-0.2, 0) is 13.0 Å². The largest absolute Gasteiger partial charge is 0.325 e. The van der Waals surface area contributed by atoms with E-state index in [1.165, 1.54) is 16.0 Å². The standard InChI is InChI=1S/C13H16N2S/c1-3-10-4-6-11(7-5-10)13-9(2)16-12(8-14)15-13/h4-7H,3,8,14H2,1-2H3. The minimum Gasteiger partial charge on any atom is -0.325 e. The highest BCUT2D eigenvalue weighted by Gasteiger charge is 2.08. The van der Waals surface area contributed by atoms with Crippen LogP contribution in [0, 0.1) is 6.92 Å². The van der Waals surface area contributed by atoms with E-state index in [0.29, 0.717) is 6.54 Å². The number of aromatic nitrogens is 1. The minimum absolute atomic E-state index is 0.526. The average molecular weight is 232 g/mol. The third-order valence-electron chi connectivity index (χ3n) is 2.65. The van der Waals surface area contributed by atoms with Crippen molar-refractivity contribution in [2.24, 2.45) is 5.73 Å². The fourth-order valence-electron chi connectivity index (χ4n) is 1.70. The average Bonchev–Trinajstić information content (AvgIpc) is 2.71. The second-order valence-electron chi connectivity index (χ2n) is 3.77. The summed E-state index contributed by atoms with van der Waals surface area (Å²) in [5.74, 6) is 0. The second-order valence-corrected chi connectivity index (χ2v) is 5.05. The van der Waals surface area contributed by atoms with Crippen LogP contribution in [0.2, 0.25) is 0 Å². The highest BCUT2D eigenvalue weighted by Crippen LogP contribution is 2.27. The Morgan fingerprint density at radius 3 is 2.44 bits per heavy atom. The molecule has 0 aliphatic rings. The molecule has 2 nitrogen and oxygen atoms in total. The van der Waals surface area contributed by atoms with Crippen molar-refractivity contribution in [2.45, 2.75) is 26.8 Å². The predicted octanol–water partition coefficient (Wildman–Crippen LogP) is 3.14. The van der Waals surface area contributed by atoms with E-state index >= 15 is 0 Å². The Balaban J connectivity index is 2.38. The van der Waals surface area contributed by atoms with Crippen LogP contribution >= 0.6 is 11.3 Å². The normalized spacial score (nSPS) is 10.7. The van der Waals surface area contributed by atoms with Gasteiger partial charge < -0.3 is 5.73 Å². The number of aryl methyl sites for hydroxylation is 2. The third-order valence-corrected chi connectivity index (χ3v) is 3.64. The van der Waals surface area contributed by atoms with E-state index < -0.39 is 0 Å². The molecular weight excluding hydrogens is 216 g/mol. The Kier molecular flexibility index (Phi) is 3.36. The first-order valence-corrected chi connectivity index (χ1v) is 6.32. The van der Waals surface area contributed by atoms with E-state index in [-0.39, 0.29) is 0 Å². The number of thiazole rings is 1. The summed E-state index contributed by atoms with van der Waals surface area (Å²) in [5, 5.41) is 1.01. The molecule has 1 aromatic heterocycles. The van der Waals surface area contributed by atoms with Gasteiger partial charge in [-0.15, -0.1) is 11.3 Å². The van der Waals surface area contributed by atoms with Crippen molar-refractivity contribution in [3.05, 3.63) is 39.7 Å². The zero-order valence-electron chi connectivity index (χ0n) is 9.66. The van der Waals surface area contributed by atoms with Crippen LogP contribution in [0.5, 0.6) is 0 Å². The van der Waals surface area contributed by atoms with Crippen molar-refractivity contribution in [3.8, 4) is 11.3 Å². The molecule has 1 heterocycles. The molecule has 0 saturated heterocycles. The number of rotatable bonds is 3. The summed E-state index contributed by atoms with van der Waals surface area (Å²) in [6.45, 7) is 4.79. The monoisotopic (exact) mass is 232 g/mol. The van der Waals surface area contributed by atoms with Gasteiger partial charge in [0.25, 0.3) is 0 Å². The number of nitrogens with two attached hydrogens (primary N) is 1. The molecule has 2 aromatic rings. The highest BCUT2D eigenvalue weighted by atomic mass is 32.1. The molecule has 84 valence electrons. The maximum absolute atomic E-state index is 5.60. The summed E-state index contributed by atoms with van der Waals surface area (Å²) in [5.41, 5.74) is 9.22. The van der Waals surface area contributed by atoms with E-state index in [1.54, 1.807) is 11.3 Å². The summed E-state index contributed by atoms with van der Waals surface area (Å²) in [6, 6.07) is 8.61. The molecule has 1 aromatic carbocycles. The van der Waals surface area contributed by atoms with Crippen molar-refractivity contribution in [2.75, 3.05) is 0 Å². The molecule has 2 N–H and O–H groups in total. The zero-order valence-corrected chi connectivity index (χ0v) is 10.5. The first kappa shape index (κ1) is 11.3. The Bertz CT molecular complexity index is 471. The van der Waals surface area contributed by atoms with Crippen LogP contribution in [0.4, 0.5) is 0 Å². The molecule has 0 amide bonds. The second kappa shape index (κ2) is 4.76. The lowest BCUT2D eigenvalue weighted by molar-refractivity contribution is 1.04. The summed E-state index contributed by atoms with van der Waals surface area (Å²) < 4.78 is 0. The van der Waals surface area contributed by atoms with Crippen LogP contribution in [0.3, 0.4) is 0 Å².